The average molecular weight is 295 g/mol. The minimum Gasteiger partial charge on any atom is -0.384 e. The lowest BCUT2D eigenvalue weighted by Gasteiger charge is -2.16. The molecule has 2 rings (SSSR count). The third-order valence-electron chi connectivity index (χ3n) is 3.55. The topological polar surface area (TPSA) is 41.1 Å². The van der Waals surface area contributed by atoms with Crippen molar-refractivity contribution in [2.45, 2.75) is 45.6 Å². The monoisotopic (exact) mass is 294 g/mol. The molecule has 0 saturated heterocycles. The molecule has 110 valence electrons. The van der Waals surface area contributed by atoms with Crippen LogP contribution in [-0.4, -0.2) is 18.5 Å². The third kappa shape index (κ3) is 4.41. The molecule has 1 atom stereocenters. The van der Waals surface area contributed by atoms with Crippen LogP contribution >= 0.6 is 11.6 Å². The summed E-state index contributed by atoms with van der Waals surface area (Å²) in [5, 5.41) is 6.94. The van der Waals surface area contributed by atoms with Crippen LogP contribution in [0.2, 0.25) is 5.02 Å². The van der Waals surface area contributed by atoms with Crippen molar-refractivity contribution in [1.29, 1.82) is 0 Å². The molecule has 20 heavy (non-hydrogen) atoms. The molecule has 1 saturated carbocycles. The number of nitrogens with one attached hydrogen (secondary N) is 2. The lowest BCUT2D eigenvalue weighted by atomic mass is 10.1. The van der Waals surface area contributed by atoms with E-state index in [-0.39, 0.29) is 11.9 Å². The van der Waals surface area contributed by atoms with Gasteiger partial charge in [0, 0.05) is 23.3 Å². The maximum absolute atomic E-state index is 12.4. The highest BCUT2D eigenvalue weighted by atomic mass is 35.5. The number of carbonyl (C=O) groups is 1. The predicted molar refractivity (Wildman–Crippen MR) is 84.5 cm³/mol. The molecule has 0 bridgehead atoms. The molecular weight excluding hydrogens is 272 g/mol. The van der Waals surface area contributed by atoms with E-state index in [1.165, 1.54) is 12.8 Å². The van der Waals surface area contributed by atoms with Gasteiger partial charge < -0.3 is 10.6 Å². The molecule has 0 radical (unpaired) electrons. The van der Waals surface area contributed by atoms with Gasteiger partial charge in [-0.1, -0.05) is 31.4 Å². The fourth-order valence-corrected chi connectivity index (χ4v) is 2.50. The Morgan fingerprint density at radius 3 is 2.85 bits per heavy atom. The summed E-state index contributed by atoms with van der Waals surface area (Å²) in [7, 11) is 0. The van der Waals surface area contributed by atoms with Gasteiger partial charge in [-0.2, -0.15) is 0 Å². The van der Waals surface area contributed by atoms with Crippen LogP contribution in [0, 0.1) is 5.92 Å². The lowest BCUT2D eigenvalue weighted by molar-refractivity contribution is 0.0938. The highest BCUT2D eigenvalue weighted by Gasteiger charge is 2.24. The van der Waals surface area contributed by atoms with Crippen LogP contribution in [0.5, 0.6) is 0 Å². The van der Waals surface area contributed by atoms with Gasteiger partial charge in [-0.25, -0.2) is 0 Å². The molecule has 3 nitrogen and oxygen atoms in total. The fraction of sp³-hybridized carbons (Fsp3) is 0.562. The van der Waals surface area contributed by atoms with Crippen molar-refractivity contribution >= 4 is 23.2 Å². The smallest absolute Gasteiger partial charge is 0.253 e. The first kappa shape index (κ1) is 15.2. The van der Waals surface area contributed by atoms with Crippen LogP contribution in [0.25, 0.3) is 0 Å². The molecule has 0 aliphatic heterocycles. The van der Waals surface area contributed by atoms with Crippen LogP contribution in [0.3, 0.4) is 0 Å². The zero-order valence-electron chi connectivity index (χ0n) is 12.2. The van der Waals surface area contributed by atoms with Crippen LogP contribution in [0.1, 0.15) is 49.9 Å². The SMILES string of the molecule is CCCNc1ccc(Cl)cc1C(=O)NC(C)CC1CC1. The molecule has 1 aromatic carbocycles. The van der Waals surface area contributed by atoms with Crippen molar-refractivity contribution in [3.8, 4) is 0 Å². The van der Waals surface area contributed by atoms with Gasteiger partial charge in [-0.15, -0.1) is 0 Å². The van der Waals surface area contributed by atoms with Crippen LogP contribution in [0.15, 0.2) is 18.2 Å². The predicted octanol–water partition coefficient (Wildman–Crippen LogP) is 4.08. The summed E-state index contributed by atoms with van der Waals surface area (Å²) in [4.78, 5) is 12.4. The molecule has 1 aromatic rings. The molecule has 0 heterocycles. The number of benzene rings is 1. The molecule has 1 aliphatic rings. The minimum atomic E-state index is -0.0424. The van der Waals surface area contributed by atoms with Crippen molar-refractivity contribution in [3.63, 3.8) is 0 Å². The first-order valence-electron chi connectivity index (χ1n) is 7.44. The normalized spacial score (nSPS) is 15.8. The molecule has 1 fully saturated rings. The average Bonchev–Trinajstić information content (AvgIpc) is 3.20. The van der Waals surface area contributed by atoms with Gasteiger partial charge in [0.2, 0.25) is 0 Å². The minimum absolute atomic E-state index is 0.0424. The van der Waals surface area contributed by atoms with Gasteiger partial charge in [0.05, 0.1) is 5.56 Å². The largest absolute Gasteiger partial charge is 0.384 e. The molecule has 1 amide bonds. The number of amides is 1. The summed E-state index contributed by atoms with van der Waals surface area (Å²) in [6, 6.07) is 5.63. The number of carbonyl (C=O) groups excluding carboxylic acids is 1. The van der Waals surface area contributed by atoms with Gasteiger partial charge in [-0.3, -0.25) is 4.79 Å². The Bertz CT molecular complexity index is 472. The Hall–Kier alpha value is -1.22. The Morgan fingerprint density at radius 1 is 1.45 bits per heavy atom. The van der Waals surface area contributed by atoms with E-state index in [4.69, 9.17) is 11.6 Å². The standard InChI is InChI=1S/C16H23ClN2O/c1-3-8-18-15-7-6-13(17)10-14(15)16(20)19-11(2)9-12-4-5-12/h6-7,10-12,18H,3-5,8-9H2,1-2H3,(H,19,20). The van der Waals surface area contributed by atoms with Crippen molar-refractivity contribution in [3.05, 3.63) is 28.8 Å². The molecule has 1 unspecified atom stereocenters. The quantitative estimate of drug-likeness (QED) is 0.795. The highest BCUT2D eigenvalue weighted by molar-refractivity contribution is 6.31. The maximum atomic E-state index is 12.4. The summed E-state index contributed by atoms with van der Waals surface area (Å²) in [5.41, 5.74) is 1.49. The van der Waals surface area contributed by atoms with E-state index >= 15 is 0 Å². The molecule has 1 aliphatic carbocycles. The van der Waals surface area contributed by atoms with Gasteiger partial charge in [0.1, 0.15) is 0 Å². The third-order valence-corrected chi connectivity index (χ3v) is 3.79. The molecular formula is C16H23ClN2O. The Morgan fingerprint density at radius 2 is 2.20 bits per heavy atom. The second-order valence-electron chi connectivity index (χ2n) is 5.67. The van der Waals surface area contributed by atoms with E-state index in [2.05, 4.69) is 24.5 Å². The Kier molecular flexibility index (Phi) is 5.30. The van der Waals surface area contributed by atoms with Gasteiger partial charge in [0.15, 0.2) is 0 Å². The Balaban J connectivity index is 2.03. The number of hydrogen-bond acceptors (Lipinski definition) is 2. The number of rotatable bonds is 7. The summed E-state index contributed by atoms with van der Waals surface area (Å²) in [6.45, 7) is 5.01. The fourth-order valence-electron chi connectivity index (χ4n) is 2.33. The zero-order chi connectivity index (χ0) is 14.5. The lowest BCUT2D eigenvalue weighted by Crippen LogP contribution is -2.33. The Labute approximate surface area is 126 Å². The highest BCUT2D eigenvalue weighted by Crippen LogP contribution is 2.33. The van der Waals surface area contributed by atoms with Crippen molar-refractivity contribution < 1.29 is 4.79 Å². The van der Waals surface area contributed by atoms with Crippen LogP contribution in [0.4, 0.5) is 5.69 Å². The summed E-state index contributed by atoms with van der Waals surface area (Å²) < 4.78 is 0. The molecule has 0 spiro atoms. The zero-order valence-corrected chi connectivity index (χ0v) is 13.0. The molecule has 4 heteroatoms. The summed E-state index contributed by atoms with van der Waals surface area (Å²) in [6.07, 6.45) is 4.70. The summed E-state index contributed by atoms with van der Waals surface area (Å²) in [5.74, 6) is 0.765. The van der Waals surface area contributed by atoms with Crippen molar-refractivity contribution in [2.75, 3.05) is 11.9 Å². The number of halogens is 1. The number of hydrogen-bond donors (Lipinski definition) is 2. The van der Waals surface area contributed by atoms with E-state index in [9.17, 15) is 4.79 Å². The van der Waals surface area contributed by atoms with Crippen LogP contribution < -0.4 is 10.6 Å². The van der Waals surface area contributed by atoms with E-state index in [1.54, 1.807) is 6.07 Å². The van der Waals surface area contributed by atoms with E-state index in [0.29, 0.717) is 10.6 Å². The van der Waals surface area contributed by atoms with Gasteiger partial charge >= 0.3 is 0 Å². The molecule has 0 aromatic heterocycles. The van der Waals surface area contributed by atoms with Crippen molar-refractivity contribution in [2.24, 2.45) is 5.92 Å². The maximum Gasteiger partial charge on any atom is 0.253 e. The number of anilines is 1. The van der Waals surface area contributed by atoms with Crippen LogP contribution in [-0.2, 0) is 0 Å². The molecule has 2 N–H and O–H groups in total. The second-order valence-corrected chi connectivity index (χ2v) is 6.11. The first-order valence-corrected chi connectivity index (χ1v) is 7.82. The van der Waals surface area contributed by atoms with Gasteiger partial charge in [-0.05, 0) is 43.9 Å². The van der Waals surface area contributed by atoms with E-state index in [0.717, 1.165) is 31.0 Å². The second kappa shape index (κ2) is 6.98. The van der Waals surface area contributed by atoms with E-state index in [1.807, 2.05) is 12.1 Å². The van der Waals surface area contributed by atoms with Crippen molar-refractivity contribution in [1.82, 2.24) is 5.32 Å². The first-order chi connectivity index (χ1) is 9.60. The summed E-state index contributed by atoms with van der Waals surface area (Å²) >= 11 is 6.02. The van der Waals surface area contributed by atoms with E-state index < -0.39 is 0 Å². The van der Waals surface area contributed by atoms with Gasteiger partial charge in [0.25, 0.3) is 5.91 Å².